The van der Waals surface area contributed by atoms with Crippen LogP contribution in [-0.4, -0.2) is 15.9 Å². The van der Waals surface area contributed by atoms with Crippen LogP contribution in [0.1, 0.15) is 21.5 Å². The first kappa shape index (κ1) is 21.3. The number of nitrogens with zero attached hydrogens (tertiary/aromatic N) is 4. The molecule has 6 nitrogen and oxygen atoms in total. The highest BCUT2D eigenvalue weighted by Gasteiger charge is 2.08. The summed E-state index contributed by atoms with van der Waals surface area (Å²) in [6, 6.07) is 20.3. The van der Waals surface area contributed by atoms with Gasteiger partial charge >= 0.3 is 0 Å². The fourth-order valence-corrected chi connectivity index (χ4v) is 3.21. The lowest BCUT2D eigenvalue weighted by Gasteiger charge is -2.08. The van der Waals surface area contributed by atoms with Crippen molar-refractivity contribution in [2.45, 2.75) is 12.8 Å². The lowest BCUT2D eigenvalue weighted by Crippen LogP contribution is -2.11. The zero-order chi connectivity index (χ0) is 22.3. The molecule has 0 aliphatic carbocycles. The third kappa shape index (κ3) is 5.22. The smallest absolute Gasteiger partial charge is 0.255 e. The monoisotopic (exact) mass is 441 g/mol. The Kier molecular flexibility index (Phi) is 6.63. The molecule has 0 unspecified atom stereocenters. The lowest BCUT2D eigenvalue weighted by atomic mass is 10.1. The van der Waals surface area contributed by atoms with Gasteiger partial charge in [-0.25, -0.2) is 4.98 Å². The standard InChI is InChI=1S/C25H20ClN5O/c1-17-4-9-22(29-25(32)19-7-5-18(15-26)6-8-19)14-23(17)30-31-24-13-20(10-12-28-24)21-3-2-11-27-16-21/h2-14,16H,15H2,1H3,(H,29,32). The highest BCUT2D eigenvalue weighted by molar-refractivity contribution is 6.17. The molecule has 0 aliphatic rings. The van der Waals surface area contributed by atoms with Crippen LogP contribution < -0.4 is 5.32 Å². The number of hydrogen-bond acceptors (Lipinski definition) is 5. The van der Waals surface area contributed by atoms with E-state index in [1.165, 1.54) is 0 Å². The van der Waals surface area contributed by atoms with Gasteiger partial charge in [-0.1, -0.05) is 24.3 Å². The molecule has 1 N–H and O–H groups in total. The second kappa shape index (κ2) is 9.94. The van der Waals surface area contributed by atoms with Crippen LogP contribution in [0, 0.1) is 6.92 Å². The van der Waals surface area contributed by atoms with Crippen molar-refractivity contribution >= 4 is 34.7 Å². The zero-order valence-electron chi connectivity index (χ0n) is 17.4. The van der Waals surface area contributed by atoms with E-state index in [4.69, 9.17) is 11.6 Å². The number of alkyl halides is 1. The largest absolute Gasteiger partial charge is 0.322 e. The number of anilines is 1. The number of carbonyl (C=O) groups is 1. The minimum Gasteiger partial charge on any atom is -0.322 e. The van der Waals surface area contributed by atoms with Crippen molar-refractivity contribution in [3.63, 3.8) is 0 Å². The Labute approximate surface area is 191 Å². The summed E-state index contributed by atoms with van der Waals surface area (Å²) in [5.41, 5.74) is 5.66. The Balaban J connectivity index is 1.51. The first-order chi connectivity index (χ1) is 15.6. The van der Waals surface area contributed by atoms with Gasteiger partial charge in [-0.3, -0.25) is 9.78 Å². The van der Waals surface area contributed by atoms with Crippen molar-refractivity contribution in [1.29, 1.82) is 0 Å². The molecule has 0 spiro atoms. The van der Waals surface area contributed by atoms with Crippen LogP contribution in [0.3, 0.4) is 0 Å². The number of aromatic nitrogens is 2. The summed E-state index contributed by atoms with van der Waals surface area (Å²) in [5.74, 6) is 0.692. The van der Waals surface area contributed by atoms with E-state index in [1.54, 1.807) is 36.8 Å². The number of halogens is 1. The van der Waals surface area contributed by atoms with Gasteiger partial charge in [-0.05, 0) is 66.1 Å². The van der Waals surface area contributed by atoms with Crippen molar-refractivity contribution < 1.29 is 4.79 Å². The van der Waals surface area contributed by atoms with Gasteiger partial charge in [0, 0.05) is 41.3 Å². The highest BCUT2D eigenvalue weighted by Crippen LogP contribution is 2.27. The van der Waals surface area contributed by atoms with Gasteiger partial charge in [-0.2, -0.15) is 0 Å². The van der Waals surface area contributed by atoms with Crippen LogP contribution in [-0.2, 0) is 5.88 Å². The third-order valence-corrected chi connectivity index (χ3v) is 5.15. The molecule has 0 bridgehead atoms. The van der Waals surface area contributed by atoms with Gasteiger partial charge < -0.3 is 5.32 Å². The van der Waals surface area contributed by atoms with Crippen molar-refractivity contribution in [1.82, 2.24) is 9.97 Å². The van der Waals surface area contributed by atoms with E-state index < -0.39 is 0 Å². The Morgan fingerprint density at radius 3 is 2.56 bits per heavy atom. The molecule has 1 amide bonds. The van der Waals surface area contributed by atoms with Crippen molar-refractivity contribution in [2.75, 3.05) is 5.32 Å². The molecule has 2 aromatic heterocycles. The van der Waals surface area contributed by atoms with E-state index in [0.717, 1.165) is 22.3 Å². The minimum atomic E-state index is -0.205. The van der Waals surface area contributed by atoms with Crippen LogP contribution >= 0.6 is 11.6 Å². The first-order valence-electron chi connectivity index (χ1n) is 9.97. The second-order valence-corrected chi connectivity index (χ2v) is 7.40. The number of aryl methyl sites for hydroxylation is 1. The zero-order valence-corrected chi connectivity index (χ0v) is 18.1. The van der Waals surface area contributed by atoms with Gasteiger partial charge in [0.15, 0.2) is 5.82 Å². The quantitative estimate of drug-likeness (QED) is 0.262. The number of amides is 1. The van der Waals surface area contributed by atoms with E-state index in [9.17, 15) is 4.79 Å². The maximum atomic E-state index is 12.5. The van der Waals surface area contributed by atoms with E-state index >= 15 is 0 Å². The van der Waals surface area contributed by atoms with Crippen molar-refractivity contribution in [3.05, 3.63) is 102 Å². The molecule has 0 saturated carbocycles. The predicted molar refractivity (Wildman–Crippen MR) is 127 cm³/mol. The number of nitrogens with one attached hydrogen (secondary N) is 1. The number of carbonyl (C=O) groups excluding carboxylic acids is 1. The SMILES string of the molecule is Cc1ccc(NC(=O)c2ccc(CCl)cc2)cc1N=Nc1cc(-c2cccnc2)ccn1. The van der Waals surface area contributed by atoms with Crippen molar-refractivity contribution in [3.8, 4) is 11.1 Å². The average molecular weight is 442 g/mol. The number of azo groups is 1. The van der Waals surface area contributed by atoms with E-state index in [0.29, 0.717) is 28.6 Å². The Morgan fingerprint density at radius 1 is 0.969 bits per heavy atom. The number of rotatable bonds is 6. The fraction of sp³-hybridized carbons (Fsp3) is 0.0800. The summed E-state index contributed by atoms with van der Waals surface area (Å²) >= 11 is 5.81. The molecule has 158 valence electrons. The fourth-order valence-electron chi connectivity index (χ4n) is 3.03. The number of pyridine rings is 2. The lowest BCUT2D eigenvalue weighted by molar-refractivity contribution is 0.102. The van der Waals surface area contributed by atoms with Gasteiger partial charge in [0.25, 0.3) is 5.91 Å². The van der Waals surface area contributed by atoms with Gasteiger partial charge in [-0.15, -0.1) is 21.8 Å². The topological polar surface area (TPSA) is 79.6 Å². The predicted octanol–water partition coefficient (Wildman–Crippen LogP) is 6.86. The van der Waals surface area contributed by atoms with Crippen LogP contribution in [0.15, 0.2) is 95.5 Å². The molecular formula is C25H20ClN5O. The average Bonchev–Trinajstić information content (AvgIpc) is 2.85. The van der Waals surface area contributed by atoms with Crippen LogP contribution in [0.25, 0.3) is 11.1 Å². The molecule has 0 aliphatic heterocycles. The maximum Gasteiger partial charge on any atom is 0.255 e. The molecule has 0 radical (unpaired) electrons. The Morgan fingerprint density at radius 2 is 1.81 bits per heavy atom. The summed E-state index contributed by atoms with van der Waals surface area (Å²) in [5, 5.41) is 11.5. The van der Waals surface area contributed by atoms with E-state index in [1.807, 2.05) is 55.5 Å². The van der Waals surface area contributed by atoms with Crippen molar-refractivity contribution in [2.24, 2.45) is 10.2 Å². The Bertz CT molecular complexity index is 1260. The summed E-state index contributed by atoms with van der Waals surface area (Å²) in [6.07, 6.45) is 5.21. The molecule has 0 atom stereocenters. The summed E-state index contributed by atoms with van der Waals surface area (Å²) in [4.78, 5) is 21.0. The summed E-state index contributed by atoms with van der Waals surface area (Å²) < 4.78 is 0. The first-order valence-corrected chi connectivity index (χ1v) is 10.5. The normalized spacial score (nSPS) is 10.9. The molecule has 0 fully saturated rings. The highest BCUT2D eigenvalue weighted by atomic mass is 35.5. The molecule has 4 aromatic rings. The van der Waals surface area contributed by atoms with E-state index in [-0.39, 0.29) is 5.91 Å². The van der Waals surface area contributed by atoms with Crippen LogP contribution in [0.4, 0.5) is 17.2 Å². The second-order valence-electron chi connectivity index (χ2n) is 7.13. The molecule has 0 saturated heterocycles. The van der Waals surface area contributed by atoms with Crippen LogP contribution in [0.5, 0.6) is 0 Å². The minimum absolute atomic E-state index is 0.205. The number of benzene rings is 2. The van der Waals surface area contributed by atoms with Gasteiger partial charge in [0.2, 0.25) is 0 Å². The molecule has 2 aromatic carbocycles. The van der Waals surface area contributed by atoms with Gasteiger partial charge in [0.1, 0.15) is 0 Å². The molecule has 7 heteroatoms. The molecule has 4 rings (SSSR count). The maximum absolute atomic E-state index is 12.5. The molecule has 32 heavy (non-hydrogen) atoms. The third-order valence-electron chi connectivity index (χ3n) is 4.84. The van der Waals surface area contributed by atoms with Gasteiger partial charge in [0.05, 0.1) is 5.69 Å². The summed E-state index contributed by atoms with van der Waals surface area (Å²) in [7, 11) is 0. The van der Waals surface area contributed by atoms with E-state index in [2.05, 4.69) is 25.5 Å². The summed E-state index contributed by atoms with van der Waals surface area (Å²) in [6.45, 7) is 1.93. The Hall–Kier alpha value is -3.90. The van der Waals surface area contributed by atoms with Crippen LogP contribution in [0.2, 0.25) is 0 Å². The number of hydrogen-bond donors (Lipinski definition) is 1. The molecular weight excluding hydrogens is 422 g/mol. The molecule has 2 heterocycles.